The number of nitrogens with zero attached hydrogens (tertiary/aromatic N) is 1. The number of fused-ring (bicyclic) bond motifs is 1. The third-order valence-electron chi connectivity index (χ3n) is 4.50. The molecule has 17 heavy (non-hydrogen) atoms. The van der Waals surface area contributed by atoms with Crippen LogP contribution < -0.4 is 5.73 Å². The lowest BCUT2D eigenvalue weighted by Crippen LogP contribution is -2.47. The summed E-state index contributed by atoms with van der Waals surface area (Å²) in [6, 6.07) is 9.29. The first-order valence-electron chi connectivity index (χ1n) is 6.80. The van der Waals surface area contributed by atoms with Crippen molar-refractivity contribution >= 4 is 0 Å². The van der Waals surface area contributed by atoms with Crippen molar-refractivity contribution < 1.29 is 0 Å². The van der Waals surface area contributed by atoms with Crippen molar-refractivity contribution in [1.29, 1.82) is 0 Å². The van der Waals surface area contributed by atoms with Gasteiger partial charge in [0.15, 0.2) is 0 Å². The minimum absolute atomic E-state index is 0.417. The number of benzene rings is 1. The van der Waals surface area contributed by atoms with Crippen molar-refractivity contribution in [1.82, 2.24) is 4.90 Å². The Morgan fingerprint density at radius 3 is 2.94 bits per heavy atom. The van der Waals surface area contributed by atoms with Crippen molar-refractivity contribution in [2.75, 3.05) is 19.6 Å². The number of nitrogens with two attached hydrogens (primary N) is 1. The topological polar surface area (TPSA) is 29.3 Å². The Kier molecular flexibility index (Phi) is 2.93. The molecule has 2 heteroatoms. The Morgan fingerprint density at radius 1 is 1.35 bits per heavy atom. The average molecular weight is 230 g/mol. The number of rotatable bonds is 2. The maximum atomic E-state index is 6.07. The third kappa shape index (κ3) is 2.12. The molecule has 1 aromatic rings. The lowest BCUT2D eigenvalue weighted by Gasteiger charge is -2.40. The third-order valence-corrected chi connectivity index (χ3v) is 4.50. The van der Waals surface area contributed by atoms with Gasteiger partial charge in [-0.2, -0.15) is 0 Å². The van der Waals surface area contributed by atoms with E-state index in [1.54, 1.807) is 11.1 Å². The van der Waals surface area contributed by atoms with Gasteiger partial charge in [0, 0.05) is 25.0 Å². The monoisotopic (exact) mass is 230 g/mol. The fraction of sp³-hybridized carbons (Fsp3) is 0.600. The van der Waals surface area contributed by atoms with Crippen LogP contribution in [0.1, 0.15) is 30.4 Å². The molecule has 1 heterocycles. The molecule has 1 fully saturated rings. The first kappa shape index (κ1) is 11.2. The van der Waals surface area contributed by atoms with Gasteiger partial charge in [0.2, 0.25) is 0 Å². The zero-order valence-electron chi connectivity index (χ0n) is 10.6. The van der Waals surface area contributed by atoms with Crippen LogP contribution in [0, 0.1) is 5.92 Å². The smallest absolute Gasteiger partial charge is 0.00889 e. The summed E-state index contributed by atoms with van der Waals surface area (Å²) in [5.74, 6) is 1.42. The van der Waals surface area contributed by atoms with Crippen LogP contribution in [0.2, 0.25) is 0 Å². The second-order valence-corrected chi connectivity index (χ2v) is 5.79. The van der Waals surface area contributed by atoms with E-state index >= 15 is 0 Å². The minimum atomic E-state index is 0.417. The van der Waals surface area contributed by atoms with E-state index in [9.17, 15) is 0 Å². The highest BCUT2D eigenvalue weighted by molar-refractivity contribution is 5.40. The summed E-state index contributed by atoms with van der Waals surface area (Å²) in [6.07, 6.45) is 2.43. The molecule has 0 aromatic heterocycles. The summed E-state index contributed by atoms with van der Waals surface area (Å²) in [4.78, 5) is 2.61. The minimum Gasteiger partial charge on any atom is -0.327 e. The van der Waals surface area contributed by atoms with Gasteiger partial charge in [-0.15, -0.1) is 0 Å². The lowest BCUT2D eigenvalue weighted by atomic mass is 9.77. The van der Waals surface area contributed by atoms with Gasteiger partial charge in [-0.3, -0.25) is 0 Å². The SMILES string of the molecule is CC1CN(CC2Cc3ccccc32)CCC1N. The Balaban J connectivity index is 1.59. The van der Waals surface area contributed by atoms with Crippen molar-refractivity contribution in [2.45, 2.75) is 31.7 Å². The second-order valence-electron chi connectivity index (χ2n) is 5.79. The van der Waals surface area contributed by atoms with Crippen molar-refractivity contribution in [2.24, 2.45) is 11.7 Å². The van der Waals surface area contributed by atoms with Gasteiger partial charge in [0.1, 0.15) is 0 Å². The van der Waals surface area contributed by atoms with Crippen LogP contribution in [-0.4, -0.2) is 30.6 Å². The Labute approximate surface area is 104 Å². The molecule has 3 unspecified atom stereocenters. The summed E-state index contributed by atoms with van der Waals surface area (Å²) >= 11 is 0. The molecule has 3 rings (SSSR count). The number of hydrogen-bond donors (Lipinski definition) is 1. The van der Waals surface area contributed by atoms with E-state index in [1.807, 2.05) is 0 Å². The van der Waals surface area contributed by atoms with Gasteiger partial charge in [0.05, 0.1) is 0 Å². The van der Waals surface area contributed by atoms with E-state index in [2.05, 4.69) is 36.1 Å². The van der Waals surface area contributed by atoms with Crippen molar-refractivity contribution in [3.05, 3.63) is 35.4 Å². The zero-order valence-corrected chi connectivity index (χ0v) is 10.6. The van der Waals surface area contributed by atoms with E-state index in [-0.39, 0.29) is 0 Å². The highest BCUT2D eigenvalue weighted by atomic mass is 15.1. The Hall–Kier alpha value is -0.860. The second kappa shape index (κ2) is 4.43. The van der Waals surface area contributed by atoms with Gasteiger partial charge in [-0.25, -0.2) is 0 Å². The molecule has 0 spiro atoms. The van der Waals surface area contributed by atoms with Crippen molar-refractivity contribution in [3.63, 3.8) is 0 Å². The fourth-order valence-electron chi connectivity index (χ4n) is 3.25. The van der Waals surface area contributed by atoms with Crippen LogP contribution in [0.4, 0.5) is 0 Å². The van der Waals surface area contributed by atoms with Crippen LogP contribution in [0.3, 0.4) is 0 Å². The summed E-state index contributed by atoms with van der Waals surface area (Å²) in [7, 11) is 0. The van der Waals surface area contributed by atoms with Crippen LogP contribution >= 0.6 is 0 Å². The molecule has 0 bridgehead atoms. The molecule has 2 aliphatic rings. The number of hydrogen-bond acceptors (Lipinski definition) is 2. The Bertz CT molecular complexity index is 402. The largest absolute Gasteiger partial charge is 0.327 e. The molecule has 2 nitrogen and oxygen atoms in total. The maximum absolute atomic E-state index is 6.07. The van der Waals surface area contributed by atoms with E-state index in [0.717, 1.165) is 12.3 Å². The normalized spacial score (nSPS) is 32.9. The van der Waals surface area contributed by atoms with E-state index < -0.39 is 0 Å². The molecular formula is C15H22N2. The van der Waals surface area contributed by atoms with Gasteiger partial charge in [0.25, 0.3) is 0 Å². The zero-order chi connectivity index (χ0) is 11.8. The molecule has 0 radical (unpaired) electrons. The molecule has 1 saturated heterocycles. The number of piperidine rings is 1. The molecule has 1 aromatic carbocycles. The molecule has 1 aliphatic heterocycles. The molecule has 2 N–H and O–H groups in total. The first-order chi connectivity index (χ1) is 8.24. The van der Waals surface area contributed by atoms with Gasteiger partial charge in [-0.1, -0.05) is 31.2 Å². The highest BCUT2D eigenvalue weighted by Crippen LogP contribution is 2.35. The standard InChI is InChI=1S/C15H22N2/c1-11-9-17(7-6-15(11)16)10-13-8-12-4-2-3-5-14(12)13/h2-5,11,13,15H,6-10,16H2,1H3. The molecule has 92 valence electrons. The quantitative estimate of drug-likeness (QED) is 0.842. The first-order valence-corrected chi connectivity index (χ1v) is 6.80. The molecule has 0 amide bonds. The molecule has 3 atom stereocenters. The van der Waals surface area contributed by atoms with E-state index in [1.165, 1.54) is 26.1 Å². The lowest BCUT2D eigenvalue weighted by molar-refractivity contribution is 0.152. The Morgan fingerprint density at radius 2 is 2.18 bits per heavy atom. The summed E-state index contributed by atoms with van der Waals surface area (Å²) in [5.41, 5.74) is 9.20. The van der Waals surface area contributed by atoms with E-state index in [4.69, 9.17) is 5.73 Å². The van der Waals surface area contributed by atoms with Gasteiger partial charge < -0.3 is 10.6 Å². The van der Waals surface area contributed by atoms with Crippen LogP contribution in [0.25, 0.3) is 0 Å². The summed E-state index contributed by atoms with van der Waals surface area (Å²) in [5, 5.41) is 0. The molecule has 1 aliphatic carbocycles. The van der Waals surface area contributed by atoms with Crippen LogP contribution in [0.5, 0.6) is 0 Å². The van der Waals surface area contributed by atoms with Crippen LogP contribution in [-0.2, 0) is 6.42 Å². The van der Waals surface area contributed by atoms with Crippen LogP contribution in [0.15, 0.2) is 24.3 Å². The summed E-state index contributed by atoms with van der Waals surface area (Å²) < 4.78 is 0. The molecular weight excluding hydrogens is 208 g/mol. The highest BCUT2D eigenvalue weighted by Gasteiger charge is 2.30. The maximum Gasteiger partial charge on any atom is 0.00889 e. The van der Waals surface area contributed by atoms with Gasteiger partial charge in [-0.05, 0) is 36.4 Å². The summed E-state index contributed by atoms with van der Waals surface area (Å²) in [6.45, 7) is 5.88. The predicted molar refractivity (Wildman–Crippen MR) is 71.1 cm³/mol. The fourth-order valence-corrected chi connectivity index (χ4v) is 3.25. The number of likely N-dealkylation sites (tertiary alicyclic amines) is 1. The molecule has 0 saturated carbocycles. The average Bonchev–Trinajstić information content (AvgIpc) is 2.31. The predicted octanol–water partition coefficient (Wildman–Crippen LogP) is 2.00. The van der Waals surface area contributed by atoms with Crippen molar-refractivity contribution in [3.8, 4) is 0 Å². The van der Waals surface area contributed by atoms with Gasteiger partial charge >= 0.3 is 0 Å². The van der Waals surface area contributed by atoms with E-state index in [0.29, 0.717) is 12.0 Å².